The van der Waals surface area contributed by atoms with Gasteiger partial charge < -0.3 is 14.2 Å². The summed E-state index contributed by atoms with van der Waals surface area (Å²) in [6.45, 7) is 6.32. The van der Waals surface area contributed by atoms with Crippen molar-refractivity contribution in [1.82, 2.24) is 0 Å². The molecular weight excluding hydrogens is 865 g/mol. The van der Waals surface area contributed by atoms with Gasteiger partial charge in [0.15, 0.2) is 6.10 Å². The van der Waals surface area contributed by atoms with Gasteiger partial charge in [0.2, 0.25) is 0 Å². The Morgan fingerprint density at radius 1 is 0.300 bits per heavy atom. The van der Waals surface area contributed by atoms with Crippen LogP contribution in [0.3, 0.4) is 0 Å². The molecule has 0 aliphatic carbocycles. The Hall–Kier alpha value is -4.45. The molecule has 1 atom stereocenters. The molecule has 0 aromatic heterocycles. The Bertz CT molecular complexity index is 1530. The molecule has 70 heavy (non-hydrogen) atoms. The highest BCUT2D eigenvalue weighted by atomic mass is 16.6. The molecule has 6 nitrogen and oxygen atoms in total. The molecule has 0 spiro atoms. The van der Waals surface area contributed by atoms with Crippen molar-refractivity contribution < 1.29 is 28.6 Å². The van der Waals surface area contributed by atoms with Gasteiger partial charge in [-0.05, 0) is 116 Å². The van der Waals surface area contributed by atoms with Crippen molar-refractivity contribution in [1.29, 1.82) is 0 Å². The molecule has 0 fully saturated rings. The fraction of sp³-hybridized carbons (Fsp3) is 0.609. The van der Waals surface area contributed by atoms with Crippen molar-refractivity contribution in [2.45, 2.75) is 239 Å². The van der Waals surface area contributed by atoms with Crippen LogP contribution in [0.2, 0.25) is 0 Å². The molecule has 0 N–H and O–H groups in total. The standard InChI is InChI=1S/C64H102O6/c1-4-7-10-13-16-19-21-23-25-26-27-28-29-30-31-32-33-34-35-36-37-38-40-41-43-45-48-51-54-57-63(66)69-60-61(59-68-62(65)56-53-50-47-18-15-12-9-6-3)70-64(67)58-55-52-49-46-44-42-39-24-22-20-17-14-11-8-5-2/h7-8,10-11,16-17,19-20,23-25,27-28,30-31,33-34,36-37,39,44,46,61H,4-6,9,12-15,18,21-22,26,29,32,35,38,40-43,45,47-60H2,1-3H3/b10-7-,11-8-,19-16-,20-17-,25-23-,28-27-,31-30-,34-33-,37-36-,39-24-,46-44-. The Morgan fingerprint density at radius 2 is 0.557 bits per heavy atom. The fourth-order valence-corrected chi connectivity index (χ4v) is 7.24. The first-order chi connectivity index (χ1) is 34.5. The average Bonchev–Trinajstić information content (AvgIpc) is 3.36. The van der Waals surface area contributed by atoms with E-state index in [2.05, 4.69) is 154 Å². The average molecular weight is 968 g/mol. The summed E-state index contributed by atoms with van der Waals surface area (Å²) in [5, 5.41) is 0. The third-order valence-electron chi connectivity index (χ3n) is 11.4. The molecule has 0 aliphatic heterocycles. The molecule has 394 valence electrons. The first-order valence-electron chi connectivity index (χ1n) is 28.2. The number of carbonyl (C=O) groups is 3. The lowest BCUT2D eigenvalue weighted by molar-refractivity contribution is -0.167. The van der Waals surface area contributed by atoms with Crippen LogP contribution in [0.5, 0.6) is 0 Å². The van der Waals surface area contributed by atoms with Crippen LogP contribution in [-0.2, 0) is 28.6 Å². The van der Waals surface area contributed by atoms with E-state index >= 15 is 0 Å². The van der Waals surface area contributed by atoms with Crippen LogP contribution in [0, 0.1) is 0 Å². The fourth-order valence-electron chi connectivity index (χ4n) is 7.24. The van der Waals surface area contributed by atoms with Gasteiger partial charge >= 0.3 is 17.9 Å². The summed E-state index contributed by atoms with van der Waals surface area (Å²) >= 11 is 0. The Kier molecular flexibility index (Phi) is 53.5. The summed E-state index contributed by atoms with van der Waals surface area (Å²) in [6, 6.07) is 0. The molecule has 0 aliphatic rings. The maximum absolute atomic E-state index is 12.8. The predicted molar refractivity (Wildman–Crippen MR) is 302 cm³/mol. The van der Waals surface area contributed by atoms with Gasteiger partial charge in [0.1, 0.15) is 13.2 Å². The number of hydrogen-bond donors (Lipinski definition) is 0. The SMILES string of the molecule is CC/C=C\C/C=C\C/C=C\C/C=C\C/C=C\C/C=C\C/C=C\CCCCCCCCCC(=O)OCC(COC(=O)CCCCCCCCCC)OC(=O)CCCC/C=C\C/C=C\C/C=C\C/C=C\CC. The highest BCUT2D eigenvalue weighted by Crippen LogP contribution is 2.13. The monoisotopic (exact) mass is 967 g/mol. The highest BCUT2D eigenvalue weighted by molar-refractivity contribution is 5.71. The maximum atomic E-state index is 12.8. The number of ether oxygens (including phenoxy) is 3. The molecule has 0 saturated carbocycles. The van der Waals surface area contributed by atoms with Crippen LogP contribution in [0.1, 0.15) is 233 Å². The van der Waals surface area contributed by atoms with E-state index in [9.17, 15) is 14.4 Å². The summed E-state index contributed by atoms with van der Waals surface area (Å²) in [5.41, 5.74) is 0. The first kappa shape index (κ1) is 65.5. The minimum atomic E-state index is -0.806. The molecule has 1 unspecified atom stereocenters. The van der Waals surface area contributed by atoms with Crippen molar-refractivity contribution >= 4 is 17.9 Å². The zero-order chi connectivity index (χ0) is 50.7. The van der Waals surface area contributed by atoms with E-state index in [1.165, 1.54) is 57.8 Å². The third-order valence-corrected chi connectivity index (χ3v) is 11.4. The van der Waals surface area contributed by atoms with Crippen molar-refractivity contribution in [3.8, 4) is 0 Å². The normalized spacial score (nSPS) is 13.1. The molecule has 0 radical (unpaired) electrons. The summed E-state index contributed by atoms with van der Waals surface area (Å²) in [5.74, 6) is -0.966. The second-order valence-corrected chi connectivity index (χ2v) is 18.1. The zero-order valence-electron chi connectivity index (χ0n) is 45.0. The van der Waals surface area contributed by atoms with Gasteiger partial charge in [0.05, 0.1) is 0 Å². The van der Waals surface area contributed by atoms with Gasteiger partial charge in [-0.15, -0.1) is 0 Å². The smallest absolute Gasteiger partial charge is 0.306 e. The Labute approximate surface area is 430 Å². The van der Waals surface area contributed by atoms with Crippen LogP contribution in [0.15, 0.2) is 134 Å². The third kappa shape index (κ3) is 54.5. The number of allylic oxidation sites excluding steroid dienone is 22. The number of esters is 3. The minimum Gasteiger partial charge on any atom is -0.462 e. The van der Waals surface area contributed by atoms with E-state index in [0.29, 0.717) is 19.3 Å². The van der Waals surface area contributed by atoms with Crippen LogP contribution < -0.4 is 0 Å². The molecule has 6 heteroatoms. The van der Waals surface area contributed by atoms with Gasteiger partial charge in [-0.25, -0.2) is 0 Å². The van der Waals surface area contributed by atoms with Gasteiger partial charge in [0, 0.05) is 19.3 Å². The molecule has 0 rings (SSSR count). The van der Waals surface area contributed by atoms with Gasteiger partial charge in [-0.1, -0.05) is 231 Å². The van der Waals surface area contributed by atoms with Crippen LogP contribution in [0.25, 0.3) is 0 Å². The Balaban J connectivity index is 4.28. The van der Waals surface area contributed by atoms with Crippen molar-refractivity contribution in [2.24, 2.45) is 0 Å². The molecular formula is C64H102O6. The number of carbonyl (C=O) groups excluding carboxylic acids is 3. The number of rotatable bonds is 49. The van der Waals surface area contributed by atoms with Crippen molar-refractivity contribution in [3.63, 3.8) is 0 Å². The van der Waals surface area contributed by atoms with E-state index in [0.717, 1.165) is 128 Å². The lowest BCUT2D eigenvalue weighted by Gasteiger charge is -2.18. The van der Waals surface area contributed by atoms with E-state index < -0.39 is 6.10 Å². The molecule has 0 saturated heterocycles. The van der Waals surface area contributed by atoms with E-state index in [1.54, 1.807) is 0 Å². The van der Waals surface area contributed by atoms with E-state index in [4.69, 9.17) is 14.2 Å². The molecule has 0 heterocycles. The topological polar surface area (TPSA) is 78.9 Å². The second-order valence-electron chi connectivity index (χ2n) is 18.1. The zero-order valence-corrected chi connectivity index (χ0v) is 45.0. The highest BCUT2D eigenvalue weighted by Gasteiger charge is 2.19. The number of unbranched alkanes of at least 4 members (excludes halogenated alkanes) is 16. The molecule has 0 bridgehead atoms. The quantitative estimate of drug-likeness (QED) is 0.0262. The van der Waals surface area contributed by atoms with Gasteiger partial charge in [0.25, 0.3) is 0 Å². The molecule has 0 amide bonds. The number of hydrogen-bond acceptors (Lipinski definition) is 6. The van der Waals surface area contributed by atoms with Crippen LogP contribution >= 0.6 is 0 Å². The van der Waals surface area contributed by atoms with Crippen LogP contribution in [-0.4, -0.2) is 37.2 Å². The lowest BCUT2D eigenvalue weighted by Crippen LogP contribution is -2.30. The van der Waals surface area contributed by atoms with Gasteiger partial charge in [-0.2, -0.15) is 0 Å². The summed E-state index contributed by atoms with van der Waals surface area (Å²) in [4.78, 5) is 37.9. The maximum Gasteiger partial charge on any atom is 0.306 e. The summed E-state index contributed by atoms with van der Waals surface area (Å²) in [6.07, 6.45) is 80.3. The lowest BCUT2D eigenvalue weighted by atomic mass is 10.1. The Morgan fingerprint density at radius 3 is 0.900 bits per heavy atom. The van der Waals surface area contributed by atoms with Crippen molar-refractivity contribution in [2.75, 3.05) is 13.2 Å². The summed E-state index contributed by atoms with van der Waals surface area (Å²) < 4.78 is 16.7. The predicted octanol–water partition coefficient (Wildman–Crippen LogP) is 19.0. The largest absolute Gasteiger partial charge is 0.462 e. The second kappa shape index (κ2) is 57.1. The van der Waals surface area contributed by atoms with E-state index in [1.807, 2.05) is 0 Å². The molecule has 0 aromatic carbocycles. The van der Waals surface area contributed by atoms with Crippen molar-refractivity contribution in [3.05, 3.63) is 134 Å². The van der Waals surface area contributed by atoms with E-state index in [-0.39, 0.29) is 37.5 Å². The van der Waals surface area contributed by atoms with Crippen LogP contribution in [0.4, 0.5) is 0 Å². The van der Waals surface area contributed by atoms with Gasteiger partial charge in [-0.3, -0.25) is 14.4 Å². The first-order valence-corrected chi connectivity index (χ1v) is 28.2. The summed E-state index contributed by atoms with van der Waals surface area (Å²) in [7, 11) is 0. The minimum absolute atomic E-state index is 0.101. The molecule has 0 aromatic rings.